The van der Waals surface area contributed by atoms with Crippen molar-refractivity contribution >= 4 is 39.3 Å². The Bertz CT molecular complexity index is 853. The molecule has 0 radical (unpaired) electrons. The van der Waals surface area contributed by atoms with Gasteiger partial charge in [0.2, 0.25) is 5.91 Å². The number of phenols is 1. The van der Waals surface area contributed by atoms with Crippen LogP contribution in [0.1, 0.15) is 18.1 Å². The molecule has 3 rings (SSSR count). The van der Waals surface area contributed by atoms with Gasteiger partial charge in [0.05, 0.1) is 18.7 Å². The molecule has 0 bridgehead atoms. The molecule has 26 heavy (non-hydrogen) atoms. The number of nitrogens with zero attached hydrogens (tertiary/aromatic N) is 1. The van der Waals surface area contributed by atoms with Crippen LogP contribution in [0.25, 0.3) is 0 Å². The topological polar surface area (TPSA) is 78.9 Å². The number of benzene rings is 2. The number of hydrogen-bond acceptors (Lipinski definition) is 4. The monoisotopic (exact) mass is 418 g/mol. The molecule has 2 aromatic carbocycles. The third-order valence-electron chi connectivity index (χ3n) is 4.15. The molecule has 0 unspecified atom stereocenters. The van der Waals surface area contributed by atoms with Crippen molar-refractivity contribution in [2.24, 2.45) is 0 Å². The summed E-state index contributed by atoms with van der Waals surface area (Å²) in [4.78, 5) is 25.8. The summed E-state index contributed by atoms with van der Waals surface area (Å²) in [6.45, 7) is 2.68. The first-order valence-corrected chi connectivity index (χ1v) is 9.11. The lowest BCUT2D eigenvalue weighted by Crippen LogP contribution is -2.29. The molecule has 0 aromatic heterocycles. The molecule has 0 atom stereocenters. The number of amides is 2. The highest BCUT2D eigenvalue weighted by Gasteiger charge is 2.25. The summed E-state index contributed by atoms with van der Waals surface area (Å²) in [5.41, 5.74) is 3.02. The number of carbonyl (C=O) groups excluding carboxylic acids is 2. The molecule has 0 fully saturated rings. The fraction of sp³-hybridized carbons (Fsp3) is 0.263. The zero-order chi connectivity index (χ0) is 18.7. The smallest absolute Gasteiger partial charge is 0.414 e. The Morgan fingerprint density at radius 2 is 2.08 bits per heavy atom. The molecule has 0 aliphatic carbocycles. The number of hydrogen-bond donors (Lipinski definition) is 2. The average molecular weight is 419 g/mol. The Labute approximate surface area is 159 Å². The molecule has 0 saturated carbocycles. The van der Waals surface area contributed by atoms with Crippen LogP contribution in [0, 0.1) is 0 Å². The van der Waals surface area contributed by atoms with E-state index in [9.17, 15) is 14.7 Å². The van der Waals surface area contributed by atoms with Crippen LogP contribution >= 0.6 is 15.9 Å². The van der Waals surface area contributed by atoms with Crippen molar-refractivity contribution in [2.45, 2.75) is 19.8 Å². The van der Waals surface area contributed by atoms with E-state index in [1.54, 1.807) is 36.1 Å². The molecule has 0 saturated heterocycles. The van der Waals surface area contributed by atoms with Gasteiger partial charge < -0.3 is 15.2 Å². The van der Waals surface area contributed by atoms with E-state index in [-0.39, 0.29) is 24.2 Å². The molecule has 1 aliphatic rings. The first-order chi connectivity index (χ1) is 12.5. The van der Waals surface area contributed by atoms with Gasteiger partial charge in [0.1, 0.15) is 5.75 Å². The average Bonchev–Trinajstić information content (AvgIpc) is 3.01. The summed E-state index contributed by atoms with van der Waals surface area (Å²) in [5.74, 6) is -0.142. The van der Waals surface area contributed by atoms with E-state index in [1.807, 2.05) is 12.1 Å². The van der Waals surface area contributed by atoms with Gasteiger partial charge in [-0.3, -0.25) is 9.69 Å². The van der Waals surface area contributed by atoms with Crippen LogP contribution in [0.2, 0.25) is 0 Å². The highest BCUT2D eigenvalue weighted by atomic mass is 79.9. The lowest BCUT2D eigenvalue weighted by atomic mass is 10.1. The van der Waals surface area contributed by atoms with Crippen LogP contribution in [0.3, 0.4) is 0 Å². The Balaban J connectivity index is 1.68. The van der Waals surface area contributed by atoms with Crippen molar-refractivity contribution < 1.29 is 19.4 Å². The van der Waals surface area contributed by atoms with Crippen LogP contribution in [0.15, 0.2) is 40.9 Å². The number of aromatic hydroxyl groups is 1. The molecule has 1 aliphatic heterocycles. The van der Waals surface area contributed by atoms with Crippen LogP contribution in [0.4, 0.5) is 16.2 Å². The Kier molecular flexibility index (Phi) is 5.46. The zero-order valence-electron chi connectivity index (χ0n) is 14.3. The second-order valence-corrected chi connectivity index (χ2v) is 6.86. The molecule has 6 nitrogen and oxygen atoms in total. The minimum Gasteiger partial charge on any atom is -0.508 e. The Morgan fingerprint density at radius 1 is 1.27 bits per heavy atom. The maximum absolute atomic E-state index is 12.3. The number of nitrogens with one attached hydrogen (secondary N) is 1. The maximum atomic E-state index is 12.3. The van der Waals surface area contributed by atoms with E-state index >= 15 is 0 Å². The van der Waals surface area contributed by atoms with Gasteiger partial charge in [-0.25, -0.2) is 4.79 Å². The summed E-state index contributed by atoms with van der Waals surface area (Å²) in [6, 6.07) is 10.5. The van der Waals surface area contributed by atoms with Gasteiger partial charge in [-0.2, -0.15) is 0 Å². The SMILES string of the molecule is CCOC(=O)N1CCc2cc(NC(=O)Cc3ccc(Br)cc3O)ccc21. The van der Waals surface area contributed by atoms with Crippen LogP contribution in [-0.2, 0) is 22.4 Å². The lowest BCUT2D eigenvalue weighted by Gasteiger charge is -2.16. The molecule has 2 aromatic rings. The van der Waals surface area contributed by atoms with Gasteiger partial charge in [0.15, 0.2) is 0 Å². The Morgan fingerprint density at radius 3 is 2.81 bits per heavy atom. The number of anilines is 2. The minimum atomic E-state index is -0.353. The van der Waals surface area contributed by atoms with Crippen molar-refractivity contribution in [3.63, 3.8) is 0 Å². The predicted molar refractivity (Wildman–Crippen MR) is 103 cm³/mol. The van der Waals surface area contributed by atoms with Gasteiger partial charge in [0.25, 0.3) is 0 Å². The van der Waals surface area contributed by atoms with Crippen molar-refractivity contribution in [3.8, 4) is 5.75 Å². The van der Waals surface area contributed by atoms with Crippen molar-refractivity contribution in [2.75, 3.05) is 23.4 Å². The van der Waals surface area contributed by atoms with Gasteiger partial charge in [-0.05, 0) is 49.2 Å². The molecule has 0 spiro atoms. The largest absolute Gasteiger partial charge is 0.508 e. The van der Waals surface area contributed by atoms with Crippen LogP contribution in [-0.4, -0.2) is 30.3 Å². The van der Waals surface area contributed by atoms with Crippen molar-refractivity contribution in [1.82, 2.24) is 0 Å². The lowest BCUT2D eigenvalue weighted by molar-refractivity contribution is -0.115. The van der Waals surface area contributed by atoms with Gasteiger partial charge >= 0.3 is 6.09 Å². The van der Waals surface area contributed by atoms with E-state index in [0.29, 0.717) is 30.8 Å². The van der Waals surface area contributed by atoms with Crippen molar-refractivity contribution in [3.05, 3.63) is 52.0 Å². The molecular weight excluding hydrogens is 400 g/mol. The number of ether oxygens (including phenoxy) is 1. The van der Waals surface area contributed by atoms with Gasteiger partial charge in [0, 0.05) is 22.3 Å². The van der Waals surface area contributed by atoms with E-state index in [4.69, 9.17) is 4.74 Å². The maximum Gasteiger partial charge on any atom is 0.414 e. The standard InChI is InChI=1S/C19H19BrN2O4/c1-2-26-19(25)22-8-7-12-9-15(5-6-16(12)22)21-18(24)10-13-3-4-14(20)11-17(13)23/h3-6,9,11,23H,2,7-8,10H2,1H3,(H,21,24). The van der Waals surface area contributed by atoms with Gasteiger partial charge in [-0.15, -0.1) is 0 Å². The van der Waals surface area contributed by atoms with E-state index < -0.39 is 0 Å². The van der Waals surface area contributed by atoms with Crippen molar-refractivity contribution in [1.29, 1.82) is 0 Å². The Hall–Kier alpha value is -2.54. The van der Waals surface area contributed by atoms with Gasteiger partial charge in [-0.1, -0.05) is 22.0 Å². The second-order valence-electron chi connectivity index (χ2n) is 5.94. The summed E-state index contributed by atoms with van der Waals surface area (Å²) in [7, 11) is 0. The molecule has 2 amide bonds. The normalized spacial score (nSPS) is 12.6. The fourth-order valence-electron chi connectivity index (χ4n) is 2.94. The summed E-state index contributed by atoms with van der Waals surface area (Å²) in [6.07, 6.45) is 0.435. The molecule has 2 N–H and O–H groups in total. The minimum absolute atomic E-state index is 0.0746. The predicted octanol–water partition coefficient (Wildman–Crippen LogP) is 3.85. The third-order valence-corrected chi connectivity index (χ3v) is 4.64. The highest BCUT2D eigenvalue weighted by molar-refractivity contribution is 9.10. The number of carbonyl (C=O) groups is 2. The number of fused-ring (bicyclic) bond motifs is 1. The first kappa shape index (κ1) is 18.3. The van der Waals surface area contributed by atoms with E-state index in [0.717, 1.165) is 15.7 Å². The summed E-state index contributed by atoms with van der Waals surface area (Å²) >= 11 is 3.27. The molecule has 136 valence electrons. The quantitative estimate of drug-likeness (QED) is 0.789. The highest BCUT2D eigenvalue weighted by Crippen LogP contribution is 2.31. The van der Waals surface area contributed by atoms with E-state index in [2.05, 4.69) is 21.2 Å². The second kappa shape index (κ2) is 7.78. The molecular formula is C19H19BrN2O4. The van der Waals surface area contributed by atoms with Crippen LogP contribution < -0.4 is 10.2 Å². The fourth-order valence-corrected chi connectivity index (χ4v) is 3.28. The van der Waals surface area contributed by atoms with E-state index in [1.165, 1.54) is 0 Å². The van der Waals surface area contributed by atoms with Crippen LogP contribution in [0.5, 0.6) is 5.75 Å². The summed E-state index contributed by atoms with van der Waals surface area (Å²) < 4.78 is 5.81. The number of rotatable bonds is 4. The summed E-state index contributed by atoms with van der Waals surface area (Å²) in [5, 5.41) is 12.7. The molecule has 7 heteroatoms. The third kappa shape index (κ3) is 3.99. The molecule has 1 heterocycles. The first-order valence-electron chi connectivity index (χ1n) is 8.32. The number of phenolic OH excluding ortho intramolecular Hbond substituents is 1. The number of halogens is 1. The zero-order valence-corrected chi connectivity index (χ0v) is 15.9.